The van der Waals surface area contributed by atoms with Crippen molar-refractivity contribution in [1.29, 1.82) is 0 Å². The van der Waals surface area contributed by atoms with Crippen LogP contribution in [0.3, 0.4) is 0 Å². The summed E-state index contributed by atoms with van der Waals surface area (Å²) in [6, 6.07) is 7.63. The van der Waals surface area contributed by atoms with Gasteiger partial charge in [0.25, 0.3) is 0 Å². The molecule has 0 bridgehead atoms. The SMILES string of the molecule is CC(=O)Nc1ccccc1CNCc1nn[nH]n1. The molecule has 2 rings (SSSR count). The fourth-order valence-corrected chi connectivity index (χ4v) is 1.55. The van der Waals surface area contributed by atoms with Crippen LogP contribution < -0.4 is 10.6 Å². The Labute approximate surface area is 104 Å². The Morgan fingerprint density at radius 2 is 2.17 bits per heavy atom. The topological polar surface area (TPSA) is 95.6 Å². The minimum Gasteiger partial charge on any atom is -0.326 e. The molecule has 0 spiro atoms. The summed E-state index contributed by atoms with van der Waals surface area (Å²) in [5, 5.41) is 19.5. The lowest BCUT2D eigenvalue weighted by Gasteiger charge is -2.09. The van der Waals surface area contributed by atoms with E-state index >= 15 is 0 Å². The number of nitrogens with zero attached hydrogens (tertiary/aromatic N) is 3. The number of para-hydroxylation sites is 1. The zero-order chi connectivity index (χ0) is 12.8. The molecule has 7 heteroatoms. The van der Waals surface area contributed by atoms with E-state index in [9.17, 15) is 4.79 Å². The highest BCUT2D eigenvalue weighted by atomic mass is 16.1. The number of tetrazole rings is 1. The first-order valence-corrected chi connectivity index (χ1v) is 5.54. The Morgan fingerprint density at radius 1 is 1.33 bits per heavy atom. The second-order valence-electron chi connectivity index (χ2n) is 3.77. The molecule has 94 valence electrons. The minimum absolute atomic E-state index is 0.0828. The maximum absolute atomic E-state index is 11.1. The number of aromatic nitrogens is 4. The predicted molar refractivity (Wildman–Crippen MR) is 65.5 cm³/mol. The number of H-pyrrole nitrogens is 1. The van der Waals surface area contributed by atoms with E-state index in [-0.39, 0.29) is 5.91 Å². The number of carbonyl (C=O) groups excluding carboxylic acids is 1. The number of rotatable bonds is 5. The molecule has 3 N–H and O–H groups in total. The highest BCUT2D eigenvalue weighted by molar-refractivity contribution is 5.89. The van der Waals surface area contributed by atoms with Gasteiger partial charge in [0.15, 0.2) is 5.82 Å². The molecule has 18 heavy (non-hydrogen) atoms. The molecule has 0 fully saturated rings. The molecule has 2 aromatic rings. The lowest BCUT2D eigenvalue weighted by atomic mass is 10.1. The molecule has 0 saturated heterocycles. The van der Waals surface area contributed by atoms with Gasteiger partial charge in [-0.2, -0.15) is 5.21 Å². The summed E-state index contributed by atoms with van der Waals surface area (Å²) in [6.07, 6.45) is 0. The van der Waals surface area contributed by atoms with E-state index in [2.05, 4.69) is 31.3 Å². The summed E-state index contributed by atoms with van der Waals surface area (Å²) in [7, 11) is 0. The number of hydrogen-bond donors (Lipinski definition) is 3. The number of benzene rings is 1. The molecule has 1 aromatic carbocycles. The van der Waals surface area contributed by atoms with Crippen LogP contribution in [0.5, 0.6) is 0 Å². The molecule has 0 unspecified atom stereocenters. The van der Waals surface area contributed by atoms with Crippen LogP contribution >= 0.6 is 0 Å². The standard InChI is InChI=1S/C11H14N6O/c1-8(18)13-10-5-3-2-4-9(10)6-12-7-11-14-16-17-15-11/h2-5,12H,6-7H2,1H3,(H,13,18)(H,14,15,16,17). The van der Waals surface area contributed by atoms with Gasteiger partial charge in [-0.05, 0) is 11.6 Å². The second-order valence-corrected chi connectivity index (χ2v) is 3.77. The van der Waals surface area contributed by atoms with Crippen molar-refractivity contribution in [3.8, 4) is 0 Å². The first kappa shape index (κ1) is 12.2. The number of carbonyl (C=O) groups is 1. The summed E-state index contributed by atoms with van der Waals surface area (Å²) >= 11 is 0. The molecule has 7 nitrogen and oxygen atoms in total. The number of anilines is 1. The zero-order valence-corrected chi connectivity index (χ0v) is 9.97. The molecule has 0 saturated carbocycles. The Balaban J connectivity index is 1.94. The average Bonchev–Trinajstić information content (AvgIpc) is 2.84. The van der Waals surface area contributed by atoms with E-state index < -0.39 is 0 Å². The van der Waals surface area contributed by atoms with Crippen molar-refractivity contribution in [1.82, 2.24) is 25.9 Å². The average molecular weight is 246 g/mol. The van der Waals surface area contributed by atoms with Crippen molar-refractivity contribution >= 4 is 11.6 Å². The molecule has 0 atom stereocenters. The molecule has 0 radical (unpaired) electrons. The quantitative estimate of drug-likeness (QED) is 0.711. The van der Waals surface area contributed by atoms with Crippen molar-refractivity contribution in [2.45, 2.75) is 20.0 Å². The molecule has 1 aromatic heterocycles. The smallest absolute Gasteiger partial charge is 0.221 e. The lowest BCUT2D eigenvalue weighted by Crippen LogP contribution is -2.16. The van der Waals surface area contributed by atoms with Crippen LogP contribution in [0, 0.1) is 0 Å². The number of hydrogen-bond acceptors (Lipinski definition) is 5. The predicted octanol–water partition coefficient (Wildman–Crippen LogP) is 0.448. The number of nitrogens with one attached hydrogen (secondary N) is 3. The van der Waals surface area contributed by atoms with E-state index in [0.29, 0.717) is 18.9 Å². The van der Waals surface area contributed by atoms with Crippen LogP contribution in [0.25, 0.3) is 0 Å². The largest absolute Gasteiger partial charge is 0.326 e. The van der Waals surface area contributed by atoms with Crippen LogP contribution in [-0.2, 0) is 17.9 Å². The van der Waals surface area contributed by atoms with Crippen LogP contribution in [0.2, 0.25) is 0 Å². The molecule has 0 aliphatic heterocycles. The summed E-state index contributed by atoms with van der Waals surface area (Å²) in [4.78, 5) is 11.1. The van der Waals surface area contributed by atoms with Gasteiger partial charge in [0.2, 0.25) is 5.91 Å². The van der Waals surface area contributed by atoms with Gasteiger partial charge in [0.1, 0.15) is 0 Å². The second kappa shape index (κ2) is 5.87. The normalized spacial score (nSPS) is 10.3. The maximum Gasteiger partial charge on any atom is 0.221 e. The monoisotopic (exact) mass is 246 g/mol. The van der Waals surface area contributed by atoms with E-state index in [1.165, 1.54) is 6.92 Å². The summed E-state index contributed by atoms with van der Waals surface area (Å²) in [5.41, 5.74) is 1.82. The minimum atomic E-state index is -0.0828. The van der Waals surface area contributed by atoms with Gasteiger partial charge < -0.3 is 10.6 Å². The Hall–Kier alpha value is -2.28. The molecule has 0 aliphatic rings. The first-order valence-electron chi connectivity index (χ1n) is 5.54. The Bertz CT molecular complexity index is 510. The van der Waals surface area contributed by atoms with Crippen LogP contribution in [-0.4, -0.2) is 26.5 Å². The molecule has 1 amide bonds. The van der Waals surface area contributed by atoms with Gasteiger partial charge in [-0.3, -0.25) is 4.79 Å². The lowest BCUT2D eigenvalue weighted by molar-refractivity contribution is -0.114. The van der Waals surface area contributed by atoms with E-state index in [0.717, 1.165) is 11.3 Å². The summed E-state index contributed by atoms with van der Waals surface area (Å²) in [5.74, 6) is 0.521. The molecular weight excluding hydrogens is 232 g/mol. The zero-order valence-electron chi connectivity index (χ0n) is 9.97. The maximum atomic E-state index is 11.1. The van der Waals surface area contributed by atoms with Crippen molar-refractivity contribution in [3.05, 3.63) is 35.7 Å². The summed E-state index contributed by atoms with van der Waals surface area (Å²) < 4.78 is 0. The van der Waals surface area contributed by atoms with Crippen LogP contribution in [0.15, 0.2) is 24.3 Å². The van der Waals surface area contributed by atoms with Gasteiger partial charge in [-0.15, -0.1) is 10.2 Å². The number of aromatic amines is 1. The third-order valence-corrected chi connectivity index (χ3v) is 2.32. The van der Waals surface area contributed by atoms with Crippen molar-refractivity contribution in [2.75, 3.05) is 5.32 Å². The fourth-order valence-electron chi connectivity index (χ4n) is 1.55. The van der Waals surface area contributed by atoms with Gasteiger partial charge in [0.05, 0.1) is 6.54 Å². The number of amides is 1. The molecule has 0 aliphatic carbocycles. The van der Waals surface area contributed by atoms with Gasteiger partial charge in [-0.25, -0.2) is 0 Å². The van der Waals surface area contributed by atoms with Gasteiger partial charge in [-0.1, -0.05) is 23.4 Å². The van der Waals surface area contributed by atoms with Gasteiger partial charge in [0, 0.05) is 19.2 Å². The fraction of sp³-hybridized carbons (Fsp3) is 0.273. The van der Waals surface area contributed by atoms with E-state index in [1.807, 2.05) is 24.3 Å². The van der Waals surface area contributed by atoms with Crippen LogP contribution in [0.4, 0.5) is 5.69 Å². The Kier molecular flexibility index (Phi) is 3.98. The van der Waals surface area contributed by atoms with Crippen molar-refractivity contribution < 1.29 is 4.79 Å². The van der Waals surface area contributed by atoms with Crippen LogP contribution in [0.1, 0.15) is 18.3 Å². The van der Waals surface area contributed by atoms with Gasteiger partial charge >= 0.3 is 0 Å². The third kappa shape index (κ3) is 3.36. The van der Waals surface area contributed by atoms with E-state index in [1.54, 1.807) is 0 Å². The highest BCUT2D eigenvalue weighted by Crippen LogP contribution is 2.14. The van der Waals surface area contributed by atoms with Crippen molar-refractivity contribution in [3.63, 3.8) is 0 Å². The van der Waals surface area contributed by atoms with E-state index in [4.69, 9.17) is 0 Å². The highest BCUT2D eigenvalue weighted by Gasteiger charge is 2.03. The molecular formula is C11H14N6O. The summed E-state index contributed by atoms with van der Waals surface area (Å²) in [6.45, 7) is 2.62. The molecule has 1 heterocycles. The Morgan fingerprint density at radius 3 is 2.89 bits per heavy atom. The van der Waals surface area contributed by atoms with Crippen molar-refractivity contribution in [2.24, 2.45) is 0 Å². The third-order valence-electron chi connectivity index (χ3n) is 2.32. The first-order chi connectivity index (χ1) is 8.75.